The number of carbonyl (C=O) groups is 1. The van der Waals surface area contributed by atoms with Crippen molar-refractivity contribution in [3.8, 4) is 0 Å². The van der Waals surface area contributed by atoms with E-state index in [1.807, 2.05) is 0 Å². The first-order chi connectivity index (χ1) is 16.0. The van der Waals surface area contributed by atoms with E-state index in [0.29, 0.717) is 5.78 Å². The van der Waals surface area contributed by atoms with Crippen molar-refractivity contribution in [2.75, 3.05) is 0 Å². The highest BCUT2D eigenvalue weighted by Crippen LogP contribution is 2.46. The van der Waals surface area contributed by atoms with E-state index in [1.54, 1.807) is 0 Å². The molecule has 2 atom stereocenters. The molecule has 0 bridgehead atoms. The zero-order valence-electron chi connectivity index (χ0n) is 23.4. The summed E-state index contributed by atoms with van der Waals surface area (Å²) in [4.78, 5) is 14.6. The van der Waals surface area contributed by atoms with Crippen molar-refractivity contribution >= 4 is 5.78 Å². The molecule has 0 aliphatic heterocycles. The molecule has 188 valence electrons. The van der Waals surface area contributed by atoms with Crippen molar-refractivity contribution in [3.05, 3.63) is 69.9 Å². The van der Waals surface area contributed by atoms with Crippen LogP contribution in [0, 0.1) is 10.8 Å². The Labute approximate surface area is 210 Å². The molecule has 1 nitrogen and oxygen atoms in total. The van der Waals surface area contributed by atoms with Crippen LogP contribution in [0.1, 0.15) is 120 Å². The van der Waals surface area contributed by atoms with Gasteiger partial charge in [-0.2, -0.15) is 0 Å². The summed E-state index contributed by atoms with van der Waals surface area (Å²) in [6.07, 6.45) is 24.1. The van der Waals surface area contributed by atoms with Gasteiger partial charge in [-0.25, -0.2) is 0 Å². The first-order valence-electron chi connectivity index (χ1n) is 13.5. The summed E-state index contributed by atoms with van der Waals surface area (Å²) in [7, 11) is 0. The summed E-state index contributed by atoms with van der Waals surface area (Å²) in [6, 6.07) is 0. The van der Waals surface area contributed by atoms with Gasteiger partial charge in [0, 0.05) is 10.8 Å². The summed E-state index contributed by atoms with van der Waals surface area (Å²) in [5.41, 5.74) is 7.26. The minimum Gasteiger partial charge on any atom is -0.298 e. The van der Waals surface area contributed by atoms with Crippen LogP contribution >= 0.6 is 0 Å². The smallest absolute Gasteiger partial charge is 0.152 e. The van der Waals surface area contributed by atoms with E-state index >= 15 is 0 Å². The fourth-order valence-electron chi connectivity index (χ4n) is 5.31. The first kappa shape index (κ1) is 28.3. The van der Waals surface area contributed by atoms with Crippen molar-refractivity contribution in [1.29, 1.82) is 0 Å². The molecule has 0 aromatic heterocycles. The predicted molar refractivity (Wildman–Crippen MR) is 150 cm³/mol. The summed E-state index contributed by atoms with van der Waals surface area (Å²) in [6.45, 7) is 17.8. The number of rotatable bonds is 2. The molecule has 0 aromatic carbocycles. The Morgan fingerprint density at radius 3 is 1.29 bits per heavy atom. The van der Waals surface area contributed by atoms with Gasteiger partial charge in [0.1, 0.15) is 0 Å². The lowest BCUT2D eigenvalue weighted by Gasteiger charge is -2.40. The van der Waals surface area contributed by atoms with Crippen LogP contribution in [0.25, 0.3) is 0 Å². The monoisotopic (exact) mass is 462 g/mol. The Balaban J connectivity index is 2.52. The van der Waals surface area contributed by atoms with Crippen LogP contribution < -0.4 is 0 Å². The Bertz CT molecular complexity index is 842. The van der Waals surface area contributed by atoms with Gasteiger partial charge in [-0.1, -0.05) is 69.9 Å². The average Bonchev–Trinajstić information content (AvgIpc) is 2.79. The Hall–Kier alpha value is -1.89. The molecular weight excluding hydrogens is 412 g/mol. The molecule has 0 amide bonds. The summed E-state index contributed by atoms with van der Waals surface area (Å²) >= 11 is 0. The third kappa shape index (κ3) is 7.56. The highest BCUT2D eigenvalue weighted by Gasteiger charge is 2.46. The van der Waals surface area contributed by atoms with Gasteiger partial charge in [0.25, 0.3) is 0 Å². The number of carbonyl (C=O) groups excluding carboxylic acids is 1. The van der Waals surface area contributed by atoms with Crippen LogP contribution in [0.15, 0.2) is 69.9 Å². The zero-order valence-corrected chi connectivity index (χ0v) is 23.4. The van der Waals surface area contributed by atoms with E-state index in [1.165, 1.54) is 33.4 Å². The molecule has 2 unspecified atom stereocenters. The third-order valence-electron chi connectivity index (χ3n) is 8.63. The molecule has 2 aliphatic carbocycles. The lowest BCUT2D eigenvalue weighted by Crippen LogP contribution is -2.42. The average molecular weight is 463 g/mol. The Kier molecular flexibility index (Phi) is 10.6. The van der Waals surface area contributed by atoms with E-state index in [2.05, 4.69) is 91.8 Å². The maximum Gasteiger partial charge on any atom is 0.152 e. The number of ketones is 1. The fourth-order valence-corrected chi connectivity index (χ4v) is 5.31. The quantitative estimate of drug-likeness (QED) is 0.373. The van der Waals surface area contributed by atoms with Gasteiger partial charge < -0.3 is 0 Å². The molecule has 0 fully saturated rings. The van der Waals surface area contributed by atoms with Crippen LogP contribution in [0.5, 0.6) is 0 Å². The van der Waals surface area contributed by atoms with Crippen molar-refractivity contribution < 1.29 is 4.79 Å². The van der Waals surface area contributed by atoms with Gasteiger partial charge in [-0.05, 0) is 120 Å². The molecule has 0 N–H and O–H groups in total. The zero-order chi connectivity index (χ0) is 25.4. The van der Waals surface area contributed by atoms with E-state index < -0.39 is 10.8 Å². The molecule has 0 heterocycles. The third-order valence-corrected chi connectivity index (χ3v) is 8.63. The number of Topliss-reactive ketones (excluding diaryl/α,β-unsaturated/α-hetero) is 1. The minimum absolute atomic E-state index is 0.402. The van der Waals surface area contributed by atoms with Gasteiger partial charge in [0.15, 0.2) is 5.78 Å². The van der Waals surface area contributed by atoms with Gasteiger partial charge >= 0.3 is 0 Å². The SMILES string of the molecule is C/C1=C\C/C=C(\C)C(C)(C(=O)C2(C)CC/C(C)=C/CC/C(C)=C/C/C=C/2C)CC/C(C)=C/CC1. The maximum atomic E-state index is 14.6. The normalized spacial score (nSPS) is 38.0. The molecule has 2 rings (SSSR count). The molecule has 0 spiro atoms. The summed E-state index contributed by atoms with van der Waals surface area (Å²) in [5.74, 6) is 0.402. The second-order valence-electron chi connectivity index (χ2n) is 11.5. The van der Waals surface area contributed by atoms with Gasteiger partial charge in [-0.3, -0.25) is 4.79 Å². The minimum atomic E-state index is -0.458. The Morgan fingerprint density at radius 1 is 0.559 bits per heavy atom. The molecule has 0 aromatic rings. The van der Waals surface area contributed by atoms with Crippen molar-refractivity contribution in [3.63, 3.8) is 0 Å². The molecule has 0 radical (unpaired) electrons. The van der Waals surface area contributed by atoms with Crippen LogP contribution in [-0.2, 0) is 4.79 Å². The lowest BCUT2D eigenvalue weighted by molar-refractivity contribution is -0.134. The molecule has 1 heteroatoms. The highest BCUT2D eigenvalue weighted by atomic mass is 16.1. The molecule has 0 saturated carbocycles. The summed E-state index contributed by atoms with van der Waals surface area (Å²) < 4.78 is 0. The second-order valence-corrected chi connectivity index (χ2v) is 11.5. The van der Waals surface area contributed by atoms with E-state index in [4.69, 9.17) is 0 Å². The number of hydrogen-bond acceptors (Lipinski definition) is 1. The molecule has 0 saturated heterocycles. The van der Waals surface area contributed by atoms with Crippen LogP contribution in [0.4, 0.5) is 0 Å². The highest BCUT2D eigenvalue weighted by molar-refractivity contribution is 5.94. The van der Waals surface area contributed by atoms with E-state index in [-0.39, 0.29) is 0 Å². The molecule has 2 aliphatic rings. The standard InChI is InChI=1S/C33H50O/c1-25-13-9-15-27(3)21-23-32(7,29(5)19-11-17-25)31(34)33(8)24-22-28(4)16-10-14-26(2)18-12-20-30(33)6/h15-20H,9-14,21-24H2,1-8H3/b25-17+,26-18+,27-15+,28-16+,29-19+,30-20+. The second kappa shape index (κ2) is 12.7. The van der Waals surface area contributed by atoms with Gasteiger partial charge in [-0.15, -0.1) is 0 Å². The van der Waals surface area contributed by atoms with Crippen molar-refractivity contribution in [2.24, 2.45) is 10.8 Å². The maximum absolute atomic E-state index is 14.6. The van der Waals surface area contributed by atoms with Crippen LogP contribution in [0.3, 0.4) is 0 Å². The number of hydrogen-bond donors (Lipinski definition) is 0. The lowest BCUT2D eigenvalue weighted by atomic mass is 9.61. The van der Waals surface area contributed by atoms with Crippen LogP contribution in [0.2, 0.25) is 0 Å². The van der Waals surface area contributed by atoms with Crippen molar-refractivity contribution in [1.82, 2.24) is 0 Å². The Morgan fingerprint density at radius 2 is 0.912 bits per heavy atom. The van der Waals surface area contributed by atoms with Gasteiger partial charge in [0.2, 0.25) is 0 Å². The largest absolute Gasteiger partial charge is 0.298 e. The first-order valence-corrected chi connectivity index (χ1v) is 13.5. The van der Waals surface area contributed by atoms with Crippen molar-refractivity contribution in [2.45, 2.75) is 120 Å². The number of allylic oxidation sites excluding steroid dienone is 12. The van der Waals surface area contributed by atoms with Gasteiger partial charge in [0.05, 0.1) is 0 Å². The predicted octanol–water partition coefficient (Wildman–Crippen LogP) is 10.2. The topological polar surface area (TPSA) is 17.1 Å². The molecule has 34 heavy (non-hydrogen) atoms. The van der Waals surface area contributed by atoms with Crippen LogP contribution in [-0.4, -0.2) is 5.78 Å². The molecular formula is C33H50O. The van der Waals surface area contributed by atoms with E-state index in [9.17, 15) is 4.79 Å². The summed E-state index contributed by atoms with van der Waals surface area (Å²) in [5, 5.41) is 0. The fraction of sp³-hybridized carbons (Fsp3) is 0.606. The van der Waals surface area contributed by atoms with E-state index in [0.717, 1.165) is 64.2 Å².